The van der Waals surface area contributed by atoms with Crippen molar-refractivity contribution in [2.45, 2.75) is 6.92 Å². The number of fused-ring (bicyclic) bond motifs is 1. The van der Waals surface area contributed by atoms with Crippen LogP contribution in [0.1, 0.15) is 5.56 Å². The van der Waals surface area contributed by atoms with Gasteiger partial charge >= 0.3 is 0 Å². The Balaban J connectivity index is 2.32. The molecule has 0 amide bonds. The summed E-state index contributed by atoms with van der Waals surface area (Å²) in [5.74, 6) is -0.0824. The van der Waals surface area contributed by atoms with Crippen molar-refractivity contribution in [3.63, 3.8) is 0 Å². The maximum absolute atomic E-state index is 13.2. The van der Waals surface area contributed by atoms with Crippen LogP contribution in [0.15, 0.2) is 30.6 Å². The highest BCUT2D eigenvalue weighted by Gasteiger charge is 2.12. The number of hydrogen-bond donors (Lipinski definition) is 1. The second-order valence-electron chi connectivity index (χ2n) is 3.95. The Hall–Kier alpha value is -2.50. The molecule has 2 aromatic heterocycles. The van der Waals surface area contributed by atoms with Crippen LogP contribution in [0.3, 0.4) is 0 Å². The number of nitrogens with two attached hydrogens (primary N) is 1. The SMILES string of the molecule is Cc1c(-c2cccc(F)c2)nc(N)n2ncnc12. The smallest absolute Gasteiger partial charge is 0.223 e. The van der Waals surface area contributed by atoms with Crippen LogP contribution in [0.5, 0.6) is 0 Å². The molecule has 0 aliphatic rings. The largest absolute Gasteiger partial charge is 0.368 e. The van der Waals surface area contributed by atoms with E-state index in [0.717, 1.165) is 5.56 Å². The summed E-state index contributed by atoms with van der Waals surface area (Å²) in [6, 6.07) is 6.22. The zero-order chi connectivity index (χ0) is 12.7. The molecular formula is C12H10FN5. The number of halogens is 1. The van der Waals surface area contributed by atoms with Crippen LogP contribution in [0, 0.1) is 12.7 Å². The Labute approximate surface area is 102 Å². The maximum Gasteiger partial charge on any atom is 0.223 e. The molecule has 0 fully saturated rings. The van der Waals surface area contributed by atoms with Crippen LogP contribution >= 0.6 is 0 Å². The molecule has 0 unspecified atom stereocenters. The number of nitrogen functional groups attached to an aromatic ring is 1. The highest BCUT2D eigenvalue weighted by Crippen LogP contribution is 2.25. The van der Waals surface area contributed by atoms with Crippen molar-refractivity contribution in [3.05, 3.63) is 42.0 Å². The minimum atomic E-state index is -0.311. The van der Waals surface area contributed by atoms with Gasteiger partial charge in [0.1, 0.15) is 12.1 Å². The van der Waals surface area contributed by atoms with Crippen LogP contribution in [0.25, 0.3) is 16.9 Å². The number of hydrogen-bond acceptors (Lipinski definition) is 4. The Morgan fingerprint density at radius 1 is 1.33 bits per heavy atom. The van der Waals surface area contributed by atoms with Crippen LogP contribution < -0.4 is 5.73 Å². The van der Waals surface area contributed by atoms with Gasteiger partial charge in [0, 0.05) is 11.1 Å². The topological polar surface area (TPSA) is 69.1 Å². The Morgan fingerprint density at radius 2 is 2.17 bits per heavy atom. The first-order valence-electron chi connectivity index (χ1n) is 5.38. The quantitative estimate of drug-likeness (QED) is 0.707. The van der Waals surface area contributed by atoms with Crippen LogP contribution in [0.2, 0.25) is 0 Å². The van der Waals surface area contributed by atoms with Crippen LogP contribution in [-0.4, -0.2) is 19.6 Å². The molecule has 1 aromatic carbocycles. The Kier molecular flexibility index (Phi) is 2.22. The van der Waals surface area contributed by atoms with Crippen molar-refractivity contribution in [1.82, 2.24) is 19.6 Å². The monoisotopic (exact) mass is 243 g/mol. The van der Waals surface area contributed by atoms with E-state index in [2.05, 4.69) is 15.1 Å². The van der Waals surface area contributed by atoms with Gasteiger partial charge in [-0.1, -0.05) is 12.1 Å². The summed E-state index contributed by atoms with van der Waals surface area (Å²) >= 11 is 0. The first kappa shape index (κ1) is 10.6. The summed E-state index contributed by atoms with van der Waals surface area (Å²) in [6.45, 7) is 1.86. The lowest BCUT2D eigenvalue weighted by molar-refractivity contribution is 0.628. The second-order valence-corrected chi connectivity index (χ2v) is 3.95. The molecule has 2 heterocycles. The van der Waals surface area contributed by atoms with Gasteiger partial charge in [0.25, 0.3) is 0 Å². The molecule has 0 atom stereocenters. The maximum atomic E-state index is 13.2. The van der Waals surface area contributed by atoms with Gasteiger partial charge in [0.05, 0.1) is 5.69 Å². The molecule has 6 heteroatoms. The van der Waals surface area contributed by atoms with Crippen molar-refractivity contribution < 1.29 is 4.39 Å². The van der Waals surface area contributed by atoms with Gasteiger partial charge in [-0.3, -0.25) is 0 Å². The molecule has 0 spiro atoms. The number of benzene rings is 1. The third-order valence-electron chi connectivity index (χ3n) is 2.78. The molecule has 0 saturated carbocycles. The zero-order valence-electron chi connectivity index (χ0n) is 9.63. The zero-order valence-corrected chi connectivity index (χ0v) is 9.63. The molecule has 3 aromatic rings. The normalized spacial score (nSPS) is 11.0. The van der Waals surface area contributed by atoms with Crippen molar-refractivity contribution in [3.8, 4) is 11.3 Å². The summed E-state index contributed by atoms with van der Waals surface area (Å²) in [5.41, 5.74) is 8.53. The fraction of sp³-hybridized carbons (Fsp3) is 0.0833. The predicted molar refractivity (Wildman–Crippen MR) is 65.3 cm³/mol. The molecule has 0 aliphatic heterocycles. The summed E-state index contributed by atoms with van der Waals surface area (Å²) in [6.07, 6.45) is 1.41. The van der Waals surface area contributed by atoms with Crippen LogP contribution in [0.4, 0.5) is 10.3 Å². The van der Waals surface area contributed by atoms with Crippen molar-refractivity contribution in [1.29, 1.82) is 0 Å². The minimum absolute atomic E-state index is 0.229. The molecule has 90 valence electrons. The third-order valence-corrected chi connectivity index (χ3v) is 2.78. The summed E-state index contributed by atoms with van der Waals surface area (Å²) in [5, 5.41) is 3.98. The lowest BCUT2D eigenvalue weighted by atomic mass is 10.1. The van der Waals surface area contributed by atoms with Gasteiger partial charge in [-0.05, 0) is 19.1 Å². The van der Waals surface area contributed by atoms with Crippen molar-refractivity contribution >= 4 is 11.6 Å². The van der Waals surface area contributed by atoms with Gasteiger partial charge < -0.3 is 5.73 Å². The van der Waals surface area contributed by atoms with E-state index in [1.54, 1.807) is 12.1 Å². The standard InChI is InChI=1S/C12H10FN5/c1-7-10(8-3-2-4-9(13)5-8)17-12(14)18-11(7)15-6-16-18/h2-6H,1H3,(H2,14,17). The summed E-state index contributed by atoms with van der Waals surface area (Å²) < 4.78 is 14.7. The number of anilines is 1. The number of nitrogens with zero attached hydrogens (tertiary/aromatic N) is 4. The van der Waals surface area contributed by atoms with E-state index in [1.807, 2.05) is 6.92 Å². The molecule has 0 aliphatic carbocycles. The predicted octanol–water partition coefficient (Wildman–Crippen LogP) is 1.82. The van der Waals surface area contributed by atoms with Crippen LogP contribution in [-0.2, 0) is 0 Å². The van der Waals surface area contributed by atoms with Gasteiger partial charge in [-0.15, -0.1) is 0 Å². The van der Waals surface area contributed by atoms with E-state index < -0.39 is 0 Å². The fourth-order valence-corrected chi connectivity index (χ4v) is 1.93. The molecule has 0 saturated heterocycles. The lowest BCUT2D eigenvalue weighted by Gasteiger charge is -2.08. The van der Waals surface area contributed by atoms with Crippen molar-refractivity contribution in [2.75, 3.05) is 5.73 Å². The van der Waals surface area contributed by atoms with E-state index in [9.17, 15) is 4.39 Å². The number of aryl methyl sites for hydroxylation is 1. The second kappa shape index (κ2) is 3.76. The van der Waals surface area contributed by atoms with E-state index >= 15 is 0 Å². The molecule has 2 N–H and O–H groups in total. The first-order valence-corrected chi connectivity index (χ1v) is 5.38. The van der Waals surface area contributed by atoms with Gasteiger partial charge in [-0.25, -0.2) is 14.4 Å². The molecule has 0 bridgehead atoms. The minimum Gasteiger partial charge on any atom is -0.368 e. The lowest BCUT2D eigenvalue weighted by Crippen LogP contribution is -2.05. The average molecular weight is 243 g/mol. The van der Waals surface area contributed by atoms with Gasteiger partial charge in [0.2, 0.25) is 5.95 Å². The van der Waals surface area contributed by atoms with Crippen molar-refractivity contribution in [2.24, 2.45) is 0 Å². The molecule has 3 rings (SSSR count). The van der Waals surface area contributed by atoms with Gasteiger partial charge in [-0.2, -0.15) is 9.61 Å². The summed E-state index contributed by atoms with van der Waals surface area (Å²) in [4.78, 5) is 8.38. The van der Waals surface area contributed by atoms with E-state index in [-0.39, 0.29) is 11.8 Å². The molecule has 5 nitrogen and oxygen atoms in total. The molecular weight excluding hydrogens is 233 g/mol. The van der Waals surface area contributed by atoms with E-state index in [4.69, 9.17) is 5.73 Å². The fourth-order valence-electron chi connectivity index (χ4n) is 1.93. The highest BCUT2D eigenvalue weighted by molar-refractivity contribution is 5.70. The average Bonchev–Trinajstić information content (AvgIpc) is 2.83. The van der Waals surface area contributed by atoms with Gasteiger partial charge in [0.15, 0.2) is 5.65 Å². The number of rotatable bonds is 1. The highest BCUT2D eigenvalue weighted by atomic mass is 19.1. The first-order chi connectivity index (χ1) is 8.66. The Bertz CT molecular complexity index is 734. The molecule has 18 heavy (non-hydrogen) atoms. The van der Waals surface area contributed by atoms with E-state index in [1.165, 1.54) is 23.0 Å². The third kappa shape index (κ3) is 1.50. The van der Waals surface area contributed by atoms with E-state index in [0.29, 0.717) is 16.9 Å². The molecule has 0 radical (unpaired) electrons. The summed E-state index contributed by atoms with van der Waals surface area (Å²) in [7, 11) is 0. The number of aromatic nitrogens is 4. The Morgan fingerprint density at radius 3 is 2.94 bits per heavy atom.